The second-order valence-corrected chi connectivity index (χ2v) is 10.9. The Kier molecular flexibility index (Phi) is 8.51. The van der Waals surface area contributed by atoms with E-state index in [1.54, 1.807) is 11.3 Å². The van der Waals surface area contributed by atoms with E-state index < -0.39 is 12.2 Å². The van der Waals surface area contributed by atoms with Gasteiger partial charge in [-0.1, -0.05) is 48.5 Å². The van der Waals surface area contributed by atoms with Crippen molar-refractivity contribution in [3.8, 4) is 0 Å². The first-order valence-electron chi connectivity index (χ1n) is 13.4. The number of piperidine rings is 1. The molecule has 0 bridgehead atoms. The molecule has 1 aliphatic carbocycles. The molecule has 1 saturated heterocycles. The van der Waals surface area contributed by atoms with E-state index in [0.29, 0.717) is 19.3 Å². The lowest BCUT2D eigenvalue weighted by atomic mass is 9.95. The van der Waals surface area contributed by atoms with Crippen LogP contribution in [0.3, 0.4) is 0 Å². The number of benzene rings is 2. The highest BCUT2D eigenvalue weighted by molar-refractivity contribution is 7.11. The molecule has 2 heterocycles. The average molecular weight is 531 g/mol. The van der Waals surface area contributed by atoms with Gasteiger partial charge in [-0.05, 0) is 77.7 Å². The summed E-state index contributed by atoms with van der Waals surface area (Å²) in [6, 6.07) is 13.3. The maximum absolute atomic E-state index is 13.7. The SMILES string of the molecule is O=CN[C@@H](Cc1csc2c1CCC=C2)NC(=O)[C@@H](Cc1cccc2ccccc12)NC(=O)C1CCNCC1. The van der Waals surface area contributed by atoms with Gasteiger partial charge in [0, 0.05) is 23.6 Å². The van der Waals surface area contributed by atoms with E-state index in [2.05, 4.69) is 38.8 Å². The van der Waals surface area contributed by atoms with Crippen LogP contribution in [0.25, 0.3) is 16.8 Å². The van der Waals surface area contributed by atoms with Crippen LogP contribution in [0.1, 0.15) is 40.8 Å². The second kappa shape index (κ2) is 12.4. The molecule has 5 rings (SSSR count). The Morgan fingerprint density at radius 1 is 1.03 bits per heavy atom. The van der Waals surface area contributed by atoms with Gasteiger partial charge in [0.2, 0.25) is 18.2 Å². The van der Waals surface area contributed by atoms with Gasteiger partial charge in [-0.2, -0.15) is 0 Å². The molecule has 3 amide bonds. The highest BCUT2D eigenvalue weighted by atomic mass is 32.1. The number of hydrogen-bond acceptors (Lipinski definition) is 5. The monoisotopic (exact) mass is 530 g/mol. The van der Waals surface area contributed by atoms with Gasteiger partial charge in [0.25, 0.3) is 0 Å². The quantitative estimate of drug-likeness (QED) is 0.239. The molecule has 4 N–H and O–H groups in total. The number of nitrogens with one attached hydrogen (secondary N) is 4. The zero-order chi connectivity index (χ0) is 26.3. The van der Waals surface area contributed by atoms with E-state index in [4.69, 9.17) is 0 Å². The first kappa shape index (κ1) is 26.1. The highest BCUT2D eigenvalue weighted by Gasteiger charge is 2.29. The molecule has 198 valence electrons. The fourth-order valence-corrected chi connectivity index (χ4v) is 6.51. The number of fused-ring (bicyclic) bond motifs is 2. The summed E-state index contributed by atoms with van der Waals surface area (Å²) >= 11 is 1.69. The molecule has 2 aromatic carbocycles. The standard InChI is InChI=1S/C30H34N4O3S/c35-19-32-28(17-23-18-38-27-11-4-3-10-25(23)27)34-30(37)26(33-29(36)21-12-14-31-15-13-21)16-22-8-5-7-20-6-1-2-9-24(20)22/h1-2,4-9,11,18-19,21,26,28,31H,3,10,12-17H2,(H,32,35)(H,33,36)(H,34,37)/t26-,28-/m1/s1. The van der Waals surface area contributed by atoms with E-state index in [0.717, 1.165) is 60.7 Å². The Labute approximate surface area is 227 Å². The summed E-state index contributed by atoms with van der Waals surface area (Å²) in [6.07, 6.45) is 8.67. The van der Waals surface area contributed by atoms with Gasteiger partial charge in [0.05, 0.1) is 0 Å². The van der Waals surface area contributed by atoms with Crippen molar-refractivity contribution < 1.29 is 14.4 Å². The number of thiophene rings is 1. The van der Waals surface area contributed by atoms with Gasteiger partial charge in [-0.15, -0.1) is 11.3 Å². The van der Waals surface area contributed by atoms with Gasteiger partial charge in [0.15, 0.2) is 0 Å². The summed E-state index contributed by atoms with van der Waals surface area (Å²) in [7, 11) is 0. The zero-order valence-electron chi connectivity index (χ0n) is 21.4. The molecule has 0 spiro atoms. The summed E-state index contributed by atoms with van der Waals surface area (Å²) in [5.41, 5.74) is 3.42. The third kappa shape index (κ3) is 6.14. The van der Waals surface area contributed by atoms with Crippen LogP contribution in [0.2, 0.25) is 0 Å². The summed E-state index contributed by atoms with van der Waals surface area (Å²) < 4.78 is 0. The lowest BCUT2D eigenvalue weighted by Gasteiger charge is -2.27. The van der Waals surface area contributed by atoms with E-state index in [1.807, 2.05) is 42.5 Å². The van der Waals surface area contributed by atoms with Crippen LogP contribution in [-0.2, 0) is 33.6 Å². The first-order chi connectivity index (χ1) is 18.6. The Hall–Kier alpha value is -3.49. The van der Waals surface area contributed by atoms with Crippen molar-refractivity contribution in [3.05, 3.63) is 75.5 Å². The van der Waals surface area contributed by atoms with Crippen molar-refractivity contribution in [3.63, 3.8) is 0 Å². The summed E-state index contributed by atoms with van der Waals surface area (Å²) in [5, 5.41) is 16.4. The Morgan fingerprint density at radius 3 is 2.68 bits per heavy atom. The van der Waals surface area contributed by atoms with Gasteiger partial charge >= 0.3 is 0 Å². The number of amides is 3. The second-order valence-electron chi connectivity index (χ2n) is 10.0. The molecule has 1 aromatic heterocycles. The van der Waals surface area contributed by atoms with Crippen molar-refractivity contribution in [1.82, 2.24) is 21.3 Å². The van der Waals surface area contributed by atoms with Crippen LogP contribution in [0.5, 0.6) is 0 Å². The summed E-state index contributed by atoms with van der Waals surface area (Å²) in [6.45, 7) is 1.59. The van der Waals surface area contributed by atoms with Crippen molar-refractivity contribution in [2.45, 2.75) is 50.7 Å². The van der Waals surface area contributed by atoms with Crippen molar-refractivity contribution in [2.75, 3.05) is 13.1 Å². The maximum Gasteiger partial charge on any atom is 0.244 e. The molecular weight excluding hydrogens is 496 g/mol. The zero-order valence-corrected chi connectivity index (χ0v) is 22.2. The summed E-state index contributed by atoms with van der Waals surface area (Å²) in [4.78, 5) is 39.6. The third-order valence-electron chi connectivity index (χ3n) is 7.50. The van der Waals surface area contributed by atoms with Crippen molar-refractivity contribution in [2.24, 2.45) is 5.92 Å². The fraction of sp³-hybridized carbons (Fsp3) is 0.367. The van der Waals surface area contributed by atoms with Crippen LogP contribution < -0.4 is 21.3 Å². The van der Waals surface area contributed by atoms with E-state index >= 15 is 0 Å². The van der Waals surface area contributed by atoms with E-state index in [1.165, 1.54) is 10.4 Å². The van der Waals surface area contributed by atoms with E-state index in [-0.39, 0.29) is 17.7 Å². The normalized spacial score (nSPS) is 16.8. The minimum atomic E-state index is -0.765. The smallest absolute Gasteiger partial charge is 0.244 e. The molecule has 0 radical (unpaired) electrons. The predicted octanol–water partition coefficient (Wildman–Crippen LogP) is 3.32. The molecule has 1 aliphatic heterocycles. The van der Waals surface area contributed by atoms with E-state index in [9.17, 15) is 14.4 Å². The molecular formula is C30H34N4O3S. The lowest BCUT2D eigenvalue weighted by Crippen LogP contribution is -2.55. The van der Waals surface area contributed by atoms with Gasteiger partial charge in [-0.3, -0.25) is 14.4 Å². The van der Waals surface area contributed by atoms with Gasteiger partial charge in [0.1, 0.15) is 12.2 Å². The number of allylic oxidation sites excluding steroid dienone is 1. The molecule has 2 aliphatic rings. The van der Waals surface area contributed by atoms with Crippen LogP contribution in [-0.4, -0.2) is 43.5 Å². The maximum atomic E-state index is 13.7. The van der Waals surface area contributed by atoms with Crippen LogP contribution in [0, 0.1) is 5.92 Å². The number of carbonyl (C=O) groups excluding carboxylic acids is 3. The Morgan fingerprint density at radius 2 is 1.84 bits per heavy atom. The first-order valence-corrected chi connectivity index (χ1v) is 14.2. The number of rotatable bonds is 10. The fourth-order valence-electron chi connectivity index (χ4n) is 5.45. The molecule has 2 atom stereocenters. The Bertz CT molecular complexity index is 1320. The molecule has 3 aromatic rings. The highest BCUT2D eigenvalue weighted by Crippen LogP contribution is 2.29. The van der Waals surface area contributed by atoms with Crippen LogP contribution in [0.15, 0.2) is 53.9 Å². The molecule has 38 heavy (non-hydrogen) atoms. The molecule has 0 saturated carbocycles. The largest absolute Gasteiger partial charge is 0.344 e. The number of hydrogen-bond donors (Lipinski definition) is 4. The summed E-state index contributed by atoms with van der Waals surface area (Å²) in [5.74, 6) is -0.512. The topological polar surface area (TPSA) is 99.3 Å². The Balaban J connectivity index is 1.36. The van der Waals surface area contributed by atoms with Crippen molar-refractivity contribution >= 4 is 46.4 Å². The predicted molar refractivity (Wildman–Crippen MR) is 152 cm³/mol. The molecule has 8 heteroatoms. The molecule has 1 fully saturated rings. The minimum absolute atomic E-state index is 0.0922. The van der Waals surface area contributed by atoms with Crippen LogP contribution >= 0.6 is 11.3 Å². The molecule has 7 nitrogen and oxygen atoms in total. The minimum Gasteiger partial charge on any atom is -0.344 e. The average Bonchev–Trinajstić information content (AvgIpc) is 3.36. The third-order valence-corrected chi connectivity index (χ3v) is 8.54. The lowest BCUT2D eigenvalue weighted by molar-refractivity contribution is -0.132. The number of carbonyl (C=O) groups is 3. The van der Waals surface area contributed by atoms with Crippen molar-refractivity contribution in [1.29, 1.82) is 0 Å². The van der Waals surface area contributed by atoms with Gasteiger partial charge < -0.3 is 21.3 Å². The molecule has 0 unspecified atom stereocenters. The van der Waals surface area contributed by atoms with Crippen LogP contribution in [0.4, 0.5) is 0 Å². The van der Waals surface area contributed by atoms with Gasteiger partial charge in [-0.25, -0.2) is 0 Å².